The molecule has 0 aliphatic carbocycles. The van der Waals surface area contributed by atoms with Crippen molar-refractivity contribution >= 4 is 29.3 Å². The monoisotopic (exact) mass is 324 g/mol. The molecule has 2 amide bonds. The molecule has 1 aromatic carbocycles. The summed E-state index contributed by atoms with van der Waals surface area (Å²) in [5.41, 5.74) is -0.434. The number of nitrogens with zero attached hydrogens (tertiary/aromatic N) is 1. The third kappa shape index (κ3) is 5.14. The van der Waals surface area contributed by atoms with Crippen LogP contribution in [0, 0.1) is 0 Å². The molecular formula is C12H12ClF3N2O3. The second-order valence-electron chi connectivity index (χ2n) is 4.05. The number of nitrogens with one attached hydrogen (secondary N) is 1. The summed E-state index contributed by atoms with van der Waals surface area (Å²) in [4.78, 5) is 23.3. The minimum Gasteiger partial charge on any atom is -0.478 e. The fourth-order valence-corrected chi connectivity index (χ4v) is 1.72. The number of carboxylic acids is 1. The number of carbonyl (C=O) groups is 2. The molecule has 0 heterocycles. The van der Waals surface area contributed by atoms with Crippen LogP contribution in [0.5, 0.6) is 0 Å². The Bertz CT molecular complexity index is 549. The van der Waals surface area contributed by atoms with Gasteiger partial charge in [0.05, 0.1) is 11.3 Å². The Hall–Kier alpha value is -1.96. The van der Waals surface area contributed by atoms with Gasteiger partial charge in [-0.15, -0.1) is 0 Å². The molecule has 2 N–H and O–H groups in total. The molecule has 1 rings (SSSR count). The number of rotatable bonds is 4. The topological polar surface area (TPSA) is 69.6 Å². The normalized spacial score (nSPS) is 11.1. The Morgan fingerprint density at radius 2 is 2.00 bits per heavy atom. The van der Waals surface area contributed by atoms with E-state index in [1.54, 1.807) is 0 Å². The van der Waals surface area contributed by atoms with E-state index in [-0.39, 0.29) is 22.8 Å². The number of aromatic carboxylic acids is 1. The minimum absolute atomic E-state index is 0.147. The highest BCUT2D eigenvalue weighted by atomic mass is 35.5. The van der Waals surface area contributed by atoms with Gasteiger partial charge in [-0.05, 0) is 25.1 Å². The van der Waals surface area contributed by atoms with Crippen LogP contribution in [0.2, 0.25) is 5.02 Å². The molecule has 0 saturated carbocycles. The van der Waals surface area contributed by atoms with Gasteiger partial charge < -0.3 is 15.3 Å². The van der Waals surface area contributed by atoms with Crippen LogP contribution < -0.4 is 5.32 Å². The van der Waals surface area contributed by atoms with Gasteiger partial charge in [-0.2, -0.15) is 13.2 Å². The molecule has 0 atom stereocenters. The van der Waals surface area contributed by atoms with Crippen molar-refractivity contribution in [1.29, 1.82) is 0 Å². The van der Waals surface area contributed by atoms with Crippen LogP contribution in [0.15, 0.2) is 18.2 Å². The molecule has 21 heavy (non-hydrogen) atoms. The van der Waals surface area contributed by atoms with E-state index in [4.69, 9.17) is 16.7 Å². The van der Waals surface area contributed by atoms with Gasteiger partial charge in [0.15, 0.2) is 0 Å². The van der Waals surface area contributed by atoms with Crippen LogP contribution in [0.4, 0.5) is 23.7 Å². The minimum atomic E-state index is -4.54. The van der Waals surface area contributed by atoms with Crippen molar-refractivity contribution in [1.82, 2.24) is 4.90 Å². The molecule has 0 radical (unpaired) electrons. The first kappa shape index (κ1) is 17.1. The second-order valence-corrected chi connectivity index (χ2v) is 4.49. The molecule has 5 nitrogen and oxygen atoms in total. The van der Waals surface area contributed by atoms with Gasteiger partial charge >= 0.3 is 18.2 Å². The molecule has 0 aliphatic heterocycles. The number of urea groups is 1. The zero-order valence-corrected chi connectivity index (χ0v) is 11.6. The maximum atomic E-state index is 12.3. The molecule has 0 saturated heterocycles. The Morgan fingerprint density at radius 3 is 2.48 bits per heavy atom. The van der Waals surface area contributed by atoms with Gasteiger partial charge in [0, 0.05) is 11.6 Å². The van der Waals surface area contributed by atoms with Crippen LogP contribution in [-0.2, 0) is 0 Å². The first-order valence-corrected chi connectivity index (χ1v) is 6.17. The zero-order chi connectivity index (χ0) is 16.2. The quantitative estimate of drug-likeness (QED) is 0.891. The summed E-state index contributed by atoms with van der Waals surface area (Å²) in [5, 5.41) is 11.2. The lowest BCUT2D eigenvalue weighted by Gasteiger charge is -2.23. The van der Waals surface area contributed by atoms with E-state index in [0.717, 1.165) is 12.1 Å². The standard InChI is InChI=1S/C12H12ClF3N2O3/c1-2-18(6-12(14,15)16)11(21)17-9-5-7(13)3-4-8(9)10(19)20/h3-5H,2,6H2,1H3,(H,17,21)(H,19,20). The van der Waals surface area contributed by atoms with Crippen molar-refractivity contribution in [3.8, 4) is 0 Å². The molecule has 0 spiro atoms. The molecule has 0 bridgehead atoms. The fourth-order valence-electron chi connectivity index (χ4n) is 1.54. The molecule has 0 unspecified atom stereocenters. The third-order valence-corrected chi connectivity index (χ3v) is 2.73. The van der Waals surface area contributed by atoms with Gasteiger partial charge in [-0.1, -0.05) is 11.6 Å². The Balaban J connectivity index is 2.96. The predicted octanol–water partition coefficient (Wildman–Crippen LogP) is 3.45. The van der Waals surface area contributed by atoms with Gasteiger partial charge in [-0.25, -0.2) is 9.59 Å². The van der Waals surface area contributed by atoms with Crippen molar-refractivity contribution in [2.24, 2.45) is 0 Å². The average Bonchev–Trinajstić information content (AvgIpc) is 2.34. The third-order valence-electron chi connectivity index (χ3n) is 2.49. The summed E-state index contributed by atoms with van der Waals surface area (Å²) in [7, 11) is 0. The molecule has 0 aliphatic rings. The van der Waals surface area contributed by atoms with Crippen molar-refractivity contribution < 1.29 is 27.9 Å². The van der Waals surface area contributed by atoms with Crippen LogP contribution >= 0.6 is 11.6 Å². The highest BCUT2D eigenvalue weighted by Gasteiger charge is 2.32. The number of carboxylic acid groups (broad SMARTS) is 1. The lowest BCUT2D eigenvalue weighted by atomic mass is 10.2. The largest absolute Gasteiger partial charge is 0.478 e. The summed E-state index contributed by atoms with van der Waals surface area (Å²) in [5.74, 6) is -1.33. The van der Waals surface area contributed by atoms with Crippen molar-refractivity contribution in [3.63, 3.8) is 0 Å². The molecule has 0 fully saturated rings. The fraction of sp³-hybridized carbons (Fsp3) is 0.333. The summed E-state index contributed by atoms with van der Waals surface area (Å²) >= 11 is 5.69. The van der Waals surface area contributed by atoms with E-state index in [9.17, 15) is 22.8 Å². The van der Waals surface area contributed by atoms with Crippen LogP contribution in [0.25, 0.3) is 0 Å². The van der Waals surface area contributed by atoms with E-state index in [2.05, 4.69) is 5.32 Å². The van der Waals surface area contributed by atoms with E-state index in [1.807, 2.05) is 0 Å². The first-order chi connectivity index (χ1) is 9.64. The SMILES string of the molecule is CCN(CC(F)(F)F)C(=O)Nc1cc(Cl)ccc1C(=O)O. The summed E-state index contributed by atoms with van der Waals surface area (Å²) in [6, 6.07) is 2.55. The number of hydrogen-bond donors (Lipinski definition) is 2. The number of anilines is 1. The number of amides is 2. The number of hydrogen-bond acceptors (Lipinski definition) is 2. The zero-order valence-electron chi connectivity index (χ0n) is 10.9. The Morgan fingerprint density at radius 1 is 1.38 bits per heavy atom. The number of alkyl halides is 3. The van der Waals surface area contributed by atoms with Crippen LogP contribution in [-0.4, -0.2) is 41.3 Å². The van der Waals surface area contributed by atoms with Crippen molar-refractivity contribution in [2.45, 2.75) is 13.1 Å². The van der Waals surface area contributed by atoms with E-state index >= 15 is 0 Å². The lowest BCUT2D eigenvalue weighted by molar-refractivity contribution is -0.139. The predicted molar refractivity (Wildman–Crippen MR) is 70.7 cm³/mol. The molecule has 0 aromatic heterocycles. The van der Waals surface area contributed by atoms with Gasteiger partial charge in [0.1, 0.15) is 6.54 Å². The summed E-state index contributed by atoms with van der Waals surface area (Å²) < 4.78 is 37.0. The second kappa shape index (κ2) is 6.66. The van der Waals surface area contributed by atoms with Crippen LogP contribution in [0.1, 0.15) is 17.3 Å². The first-order valence-electron chi connectivity index (χ1n) is 5.79. The smallest absolute Gasteiger partial charge is 0.406 e. The van der Waals surface area contributed by atoms with E-state index < -0.39 is 24.7 Å². The average molecular weight is 325 g/mol. The summed E-state index contributed by atoms with van der Waals surface area (Å²) in [6.07, 6.45) is -4.54. The van der Waals surface area contributed by atoms with E-state index in [0.29, 0.717) is 4.90 Å². The van der Waals surface area contributed by atoms with Gasteiger partial charge in [0.25, 0.3) is 0 Å². The van der Waals surface area contributed by atoms with Gasteiger partial charge in [0.2, 0.25) is 0 Å². The Labute approximate surface area is 123 Å². The van der Waals surface area contributed by atoms with E-state index in [1.165, 1.54) is 13.0 Å². The maximum absolute atomic E-state index is 12.3. The maximum Gasteiger partial charge on any atom is 0.406 e. The highest BCUT2D eigenvalue weighted by molar-refractivity contribution is 6.31. The van der Waals surface area contributed by atoms with Crippen molar-refractivity contribution in [2.75, 3.05) is 18.4 Å². The van der Waals surface area contributed by atoms with Crippen molar-refractivity contribution in [3.05, 3.63) is 28.8 Å². The lowest BCUT2D eigenvalue weighted by Crippen LogP contribution is -2.41. The molecule has 9 heteroatoms. The Kier molecular flexibility index (Phi) is 5.42. The molecular weight excluding hydrogens is 313 g/mol. The number of benzene rings is 1. The molecule has 1 aromatic rings. The highest BCUT2D eigenvalue weighted by Crippen LogP contribution is 2.22. The number of carbonyl (C=O) groups excluding carboxylic acids is 1. The van der Waals surface area contributed by atoms with Gasteiger partial charge in [-0.3, -0.25) is 0 Å². The summed E-state index contributed by atoms with van der Waals surface area (Å²) in [6.45, 7) is -0.242. The molecule has 116 valence electrons. The van der Waals surface area contributed by atoms with Crippen LogP contribution in [0.3, 0.4) is 0 Å². The number of halogens is 4.